The molecule has 2 radical (unpaired) electrons. The summed E-state index contributed by atoms with van der Waals surface area (Å²) in [4.78, 5) is 0. The van der Waals surface area contributed by atoms with Gasteiger partial charge in [0.05, 0.1) is 6.10 Å². The van der Waals surface area contributed by atoms with Crippen LogP contribution in [-0.2, 0) is 4.74 Å². The first kappa shape index (κ1) is 13.1. The van der Waals surface area contributed by atoms with Gasteiger partial charge in [-0.2, -0.15) is 0 Å². The number of rotatable bonds is 2. The fourth-order valence-corrected chi connectivity index (χ4v) is 2.80. The van der Waals surface area contributed by atoms with Crippen LogP contribution < -0.4 is 0 Å². The van der Waals surface area contributed by atoms with Gasteiger partial charge in [0.15, 0.2) is 0 Å². The summed E-state index contributed by atoms with van der Waals surface area (Å²) in [5.74, 6) is 1.75. The number of ether oxygens (including phenoxy) is 1. The normalized spacial score (nSPS) is 37.5. The smallest absolute Gasteiger partial charge is 0.109 e. The van der Waals surface area contributed by atoms with Gasteiger partial charge in [-0.1, -0.05) is 41.5 Å². The quantitative estimate of drug-likeness (QED) is 0.633. The van der Waals surface area contributed by atoms with E-state index in [9.17, 15) is 0 Å². The zero-order valence-corrected chi connectivity index (χ0v) is 11.1. The third-order valence-electron chi connectivity index (χ3n) is 3.47. The van der Waals surface area contributed by atoms with Gasteiger partial charge in [0.1, 0.15) is 7.85 Å². The molecule has 0 N–H and O–H groups in total. The average Bonchev–Trinajstić information content (AvgIpc) is 2.23. The first-order valence-electron chi connectivity index (χ1n) is 6.13. The summed E-state index contributed by atoms with van der Waals surface area (Å²) in [7, 11) is 5.99. The Kier molecular flexibility index (Phi) is 3.92. The Morgan fingerprint density at radius 1 is 1.27 bits per heavy atom. The molecule has 15 heavy (non-hydrogen) atoms. The molecule has 1 saturated heterocycles. The van der Waals surface area contributed by atoms with E-state index in [1.165, 1.54) is 0 Å². The van der Waals surface area contributed by atoms with Crippen molar-refractivity contribution in [2.24, 2.45) is 23.2 Å². The van der Waals surface area contributed by atoms with Crippen molar-refractivity contribution in [3.05, 3.63) is 0 Å². The summed E-state index contributed by atoms with van der Waals surface area (Å²) >= 11 is 0. The summed E-state index contributed by atoms with van der Waals surface area (Å²) < 4.78 is 5.90. The summed E-state index contributed by atoms with van der Waals surface area (Å²) in [5.41, 5.74) is 0.321. The maximum atomic E-state index is 5.99. The number of hydrogen-bond donors (Lipinski definition) is 0. The highest BCUT2D eigenvalue weighted by molar-refractivity contribution is 6.11. The molecule has 0 aromatic heterocycles. The fourth-order valence-electron chi connectivity index (χ4n) is 2.80. The van der Waals surface area contributed by atoms with Crippen molar-refractivity contribution in [1.29, 1.82) is 0 Å². The van der Waals surface area contributed by atoms with Gasteiger partial charge in [-0.25, -0.2) is 0 Å². The average molecular weight is 208 g/mol. The Morgan fingerprint density at radius 3 is 2.20 bits per heavy atom. The molecule has 2 heteroatoms. The Hall–Kier alpha value is 0.0249. The molecule has 0 aliphatic carbocycles. The highest BCUT2D eigenvalue weighted by Crippen LogP contribution is 2.41. The topological polar surface area (TPSA) is 9.23 Å². The largest absolute Gasteiger partial charge is 0.384 e. The monoisotopic (exact) mass is 208 g/mol. The van der Waals surface area contributed by atoms with Crippen LogP contribution in [0, 0.1) is 23.2 Å². The zero-order valence-electron chi connectivity index (χ0n) is 11.1. The third kappa shape index (κ3) is 3.24. The molecule has 1 heterocycles. The Bertz CT molecular complexity index is 207. The van der Waals surface area contributed by atoms with Crippen LogP contribution in [0.15, 0.2) is 0 Å². The summed E-state index contributed by atoms with van der Waals surface area (Å²) in [6.07, 6.45) is 1.45. The van der Waals surface area contributed by atoms with E-state index in [0.717, 1.165) is 6.42 Å². The van der Waals surface area contributed by atoms with Crippen molar-refractivity contribution in [2.75, 3.05) is 0 Å². The van der Waals surface area contributed by atoms with Crippen LogP contribution in [0.25, 0.3) is 0 Å². The van der Waals surface area contributed by atoms with Gasteiger partial charge in [0, 0.05) is 6.00 Å². The van der Waals surface area contributed by atoms with Crippen LogP contribution in [0.3, 0.4) is 0 Å². The second-order valence-corrected chi connectivity index (χ2v) is 6.58. The molecule has 1 aliphatic heterocycles. The highest BCUT2D eigenvalue weighted by Gasteiger charge is 2.41. The Balaban J connectivity index is 2.71. The molecule has 0 spiro atoms. The van der Waals surface area contributed by atoms with Crippen LogP contribution in [0.4, 0.5) is 0 Å². The van der Waals surface area contributed by atoms with Crippen molar-refractivity contribution in [2.45, 2.75) is 60.1 Å². The summed E-state index contributed by atoms with van der Waals surface area (Å²) in [6, 6.07) is -0.0650. The van der Waals surface area contributed by atoms with E-state index in [4.69, 9.17) is 12.6 Å². The zero-order chi connectivity index (χ0) is 11.8. The second-order valence-electron chi connectivity index (χ2n) is 6.58. The first-order chi connectivity index (χ1) is 6.72. The van der Waals surface area contributed by atoms with Gasteiger partial charge >= 0.3 is 0 Å². The summed E-state index contributed by atoms with van der Waals surface area (Å²) in [5, 5.41) is 0. The van der Waals surface area contributed by atoms with Crippen LogP contribution >= 0.6 is 0 Å². The van der Waals surface area contributed by atoms with Gasteiger partial charge < -0.3 is 4.74 Å². The van der Waals surface area contributed by atoms with Crippen LogP contribution in [0.2, 0.25) is 0 Å². The van der Waals surface area contributed by atoms with E-state index in [1.54, 1.807) is 0 Å². The minimum absolute atomic E-state index is 0.0650. The molecule has 0 aromatic carbocycles. The van der Waals surface area contributed by atoms with Crippen LogP contribution in [0.5, 0.6) is 0 Å². The minimum Gasteiger partial charge on any atom is -0.384 e. The van der Waals surface area contributed by atoms with Gasteiger partial charge in [0.2, 0.25) is 0 Å². The maximum absolute atomic E-state index is 5.99. The van der Waals surface area contributed by atoms with Gasteiger partial charge in [-0.05, 0) is 29.6 Å². The van der Waals surface area contributed by atoms with Crippen molar-refractivity contribution < 1.29 is 4.74 Å². The Labute approximate surface area is 96.4 Å². The van der Waals surface area contributed by atoms with Crippen molar-refractivity contribution in [1.82, 2.24) is 0 Å². The first-order valence-corrected chi connectivity index (χ1v) is 6.13. The number of hydrogen-bond acceptors (Lipinski definition) is 1. The molecule has 0 saturated carbocycles. The minimum atomic E-state index is -0.0650. The molecule has 1 nitrogen and oxygen atoms in total. The molecule has 1 aliphatic rings. The lowest BCUT2D eigenvalue weighted by Gasteiger charge is -2.30. The van der Waals surface area contributed by atoms with Gasteiger partial charge in [0.25, 0.3) is 0 Å². The molecular formula is C13H25BO. The molecule has 1 rings (SSSR count). The van der Waals surface area contributed by atoms with Gasteiger partial charge in [-0.15, -0.1) is 0 Å². The molecule has 0 aromatic rings. The SMILES string of the molecule is [B][C@@H]1O[C@H](CC(C)(C)C)[C@H](C(C)C)C1C. The van der Waals surface area contributed by atoms with Crippen LogP contribution in [0.1, 0.15) is 48.0 Å². The lowest BCUT2D eigenvalue weighted by Crippen LogP contribution is -2.28. The third-order valence-corrected chi connectivity index (χ3v) is 3.47. The molecular weight excluding hydrogens is 183 g/mol. The van der Waals surface area contributed by atoms with Crippen molar-refractivity contribution in [3.8, 4) is 0 Å². The lowest BCUT2D eigenvalue weighted by molar-refractivity contribution is 0.0325. The molecule has 1 fully saturated rings. The second kappa shape index (κ2) is 4.49. The predicted octanol–water partition coefficient (Wildman–Crippen LogP) is 3.22. The summed E-state index contributed by atoms with van der Waals surface area (Å²) in [6.45, 7) is 13.6. The highest BCUT2D eigenvalue weighted by atomic mass is 16.5. The van der Waals surface area contributed by atoms with E-state index < -0.39 is 0 Å². The standard InChI is InChI=1S/C13H25BO/c1-8(2)11-9(3)12(14)15-10(11)7-13(4,5)6/h8-12H,7H2,1-6H3/t9?,10-,11-,12-/m1/s1. The predicted molar refractivity (Wildman–Crippen MR) is 66.0 cm³/mol. The maximum Gasteiger partial charge on any atom is 0.109 e. The molecule has 0 bridgehead atoms. The van der Waals surface area contributed by atoms with Gasteiger partial charge in [-0.3, -0.25) is 0 Å². The lowest BCUT2D eigenvalue weighted by atomic mass is 9.73. The van der Waals surface area contributed by atoms with E-state index in [1.807, 2.05) is 0 Å². The van der Waals surface area contributed by atoms with E-state index in [2.05, 4.69) is 41.5 Å². The van der Waals surface area contributed by atoms with Crippen LogP contribution in [-0.4, -0.2) is 20.0 Å². The molecule has 86 valence electrons. The van der Waals surface area contributed by atoms with E-state index >= 15 is 0 Å². The van der Waals surface area contributed by atoms with Crippen molar-refractivity contribution >= 4 is 7.85 Å². The molecule has 0 amide bonds. The molecule has 1 unspecified atom stereocenters. The fraction of sp³-hybridized carbons (Fsp3) is 1.00. The Morgan fingerprint density at radius 2 is 1.80 bits per heavy atom. The van der Waals surface area contributed by atoms with E-state index in [0.29, 0.717) is 29.3 Å². The molecule has 4 atom stereocenters. The van der Waals surface area contributed by atoms with Crippen molar-refractivity contribution in [3.63, 3.8) is 0 Å². The van der Waals surface area contributed by atoms with E-state index in [-0.39, 0.29) is 6.00 Å².